The first-order chi connectivity index (χ1) is 9.18. The molecule has 0 saturated heterocycles. The van der Waals surface area contributed by atoms with Gasteiger partial charge in [0.15, 0.2) is 0 Å². The van der Waals surface area contributed by atoms with E-state index in [1.54, 1.807) is 0 Å². The molecule has 0 amide bonds. The van der Waals surface area contributed by atoms with E-state index < -0.39 is 0 Å². The van der Waals surface area contributed by atoms with Gasteiger partial charge in [0.1, 0.15) is 0 Å². The largest absolute Gasteiger partial charge is 0.106 e. The van der Waals surface area contributed by atoms with Gasteiger partial charge in [0.2, 0.25) is 0 Å². The Morgan fingerprint density at radius 3 is 2.47 bits per heavy atom. The number of hydrogen-bond acceptors (Lipinski definition) is 0. The molecule has 0 nitrogen and oxygen atoms in total. The molecule has 0 spiro atoms. The van der Waals surface area contributed by atoms with Crippen LogP contribution < -0.4 is 0 Å². The molecule has 0 aromatic rings. The van der Waals surface area contributed by atoms with Crippen molar-refractivity contribution < 1.29 is 0 Å². The Morgan fingerprint density at radius 1 is 1.26 bits per heavy atom. The van der Waals surface area contributed by atoms with Crippen LogP contribution in [0, 0.1) is 17.3 Å². The molecule has 2 saturated carbocycles. The molecule has 2 aliphatic rings. The fourth-order valence-electron chi connectivity index (χ4n) is 3.87. The highest BCUT2D eigenvalue weighted by Crippen LogP contribution is 2.57. The standard InChI is InChI=1S/C15H26.C2H6.C2H4/c1-4-5-7-13-8-6-11-15(3)12(2)9-10-14(13)15;2*1-2/h7,12,14H,4-6,8-11H2,1-3H3;1-2H3;1-2H2/b13-7+;;. The molecule has 0 bridgehead atoms. The molecule has 2 rings (SSSR count). The van der Waals surface area contributed by atoms with Gasteiger partial charge >= 0.3 is 0 Å². The van der Waals surface area contributed by atoms with Gasteiger partial charge in [0.05, 0.1) is 0 Å². The van der Waals surface area contributed by atoms with E-state index in [0.29, 0.717) is 5.41 Å². The lowest BCUT2D eigenvalue weighted by Gasteiger charge is -2.41. The van der Waals surface area contributed by atoms with Crippen LogP contribution in [0.4, 0.5) is 0 Å². The van der Waals surface area contributed by atoms with E-state index in [4.69, 9.17) is 0 Å². The van der Waals surface area contributed by atoms with Crippen molar-refractivity contribution in [3.05, 3.63) is 24.8 Å². The molecule has 0 N–H and O–H groups in total. The van der Waals surface area contributed by atoms with E-state index >= 15 is 0 Å². The molecule has 0 aromatic carbocycles. The van der Waals surface area contributed by atoms with Crippen molar-refractivity contribution in [2.24, 2.45) is 17.3 Å². The first kappa shape index (κ1) is 18.5. The van der Waals surface area contributed by atoms with E-state index in [1.807, 2.05) is 19.4 Å². The van der Waals surface area contributed by atoms with Gasteiger partial charge in [0.25, 0.3) is 0 Å². The maximum absolute atomic E-state index is 3.00. The van der Waals surface area contributed by atoms with Crippen LogP contribution >= 0.6 is 0 Å². The van der Waals surface area contributed by atoms with E-state index in [9.17, 15) is 0 Å². The Hall–Kier alpha value is -0.520. The van der Waals surface area contributed by atoms with Crippen LogP contribution in [0.5, 0.6) is 0 Å². The molecule has 0 radical (unpaired) electrons. The van der Waals surface area contributed by atoms with Crippen LogP contribution in [-0.2, 0) is 0 Å². The van der Waals surface area contributed by atoms with Gasteiger partial charge in [-0.25, -0.2) is 0 Å². The molecule has 0 aromatic heterocycles. The van der Waals surface area contributed by atoms with Crippen LogP contribution in [0.1, 0.15) is 79.6 Å². The SMILES string of the molecule is C=C.CC.CCC/C=C1\CCCC2(C)C(C)CCC12. The average Bonchev–Trinajstić information content (AvgIpc) is 2.77. The summed E-state index contributed by atoms with van der Waals surface area (Å²) in [6, 6.07) is 0. The Labute approximate surface area is 122 Å². The molecule has 0 aliphatic heterocycles. The summed E-state index contributed by atoms with van der Waals surface area (Å²) in [5.41, 5.74) is 2.47. The molecule has 0 heteroatoms. The smallest absolute Gasteiger partial charge is 0.0147 e. The summed E-state index contributed by atoms with van der Waals surface area (Å²) in [6.45, 7) is 17.3. The predicted molar refractivity (Wildman–Crippen MR) is 89.4 cm³/mol. The fraction of sp³-hybridized carbons (Fsp3) is 0.789. The quantitative estimate of drug-likeness (QED) is 0.482. The van der Waals surface area contributed by atoms with Crippen LogP contribution in [0.15, 0.2) is 24.8 Å². The number of hydrogen-bond donors (Lipinski definition) is 0. The molecule has 3 atom stereocenters. The second kappa shape index (κ2) is 9.39. The highest BCUT2D eigenvalue weighted by Gasteiger charge is 2.46. The van der Waals surface area contributed by atoms with E-state index in [0.717, 1.165) is 11.8 Å². The molecule has 2 fully saturated rings. The van der Waals surface area contributed by atoms with Crippen LogP contribution in [0.25, 0.3) is 0 Å². The summed E-state index contributed by atoms with van der Waals surface area (Å²) in [6.07, 6.45) is 12.4. The molecule has 112 valence electrons. The Bertz CT molecular complexity index is 263. The molecule has 19 heavy (non-hydrogen) atoms. The lowest BCUT2D eigenvalue weighted by molar-refractivity contribution is 0.146. The van der Waals surface area contributed by atoms with Crippen molar-refractivity contribution in [3.8, 4) is 0 Å². The van der Waals surface area contributed by atoms with Crippen molar-refractivity contribution in [3.63, 3.8) is 0 Å². The summed E-state index contributed by atoms with van der Waals surface area (Å²) >= 11 is 0. The lowest BCUT2D eigenvalue weighted by Crippen LogP contribution is -2.31. The number of allylic oxidation sites excluding steroid dienone is 2. The third-order valence-corrected chi connectivity index (χ3v) is 5.13. The minimum absolute atomic E-state index is 0.651. The van der Waals surface area contributed by atoms with Crippen molar-refractivity contribution in [2.75, 3.05) is 0 Å². The molecule has 3 unspecified atom stereocenters. The topological polar surface area (TPSA) is 0 Å². The van der Waals surface area contributed by atoms with E-state index in [-0.39, 0.29) is 0 Å². The second-order valence-corrected chi connectivity index (χ2v) is 5.96. The van der Waals surface area contributed by atoms with Gasteiger partial charge in [0, 0.05) is 0 Å². The summed E-state index contributed by atoms with van der Waals surface area (Å²) in [4.78, 5) is 0. The molecule has 0 heterocycles. The van der Waals surface area contributed by atoms with E-state index in [2.05, 4.69) is 40.0 Å². The third-order valence-electron chi connectivity index (χ3n) is 5.13. The lowest BCUT2D eigenvalue weighted by atomic mass is 9.64. The normalized spacial score (nSPS) is 34.7. The maximum atomic E-state index is 3.00. The minimum atomic E-state index is 0.651. The number of fused-ring (bicyclic) bond motifs is 1. The second-order valence-electron chi connectivity index (χ2n) is 5.96. The van der Waals surface area contributed by atoms with Crippen LogP contribution in [-0.4, -0.2) is 0 Å². The van der Waals surface area contributed by atoms with Gasteiger partial charge in [-0.2, -0.15) is 0 Å². The first-order valence-electron chi connectivity index (χ1n) is 8.37. The maximum Gasteiger partial charge on any atom is -0.0147 e. The zero-order valence-electron chi connectivity index (χ0n) is 14.1. The van der Waals surface area contributed by atoms with Crippen molar-refractivity contribution in [1.82, 2.24) is 0 Å². The monoisotopic (exact) mass is 264 g/mol. The Balaban J connectivity index is 0.000000741. The summed E-state index contributed by atoms with van der Waals surface area (Å²) in [7, 11) is 0. The minimum Gasteiger partial charge on any atom is -0.106 e. The van der Waals surface area contributed by atoms with Crippen LogP contribution in [0.3, 0.4) is 0 Å². The molecular weight excluding hydrogens is 228 g/mol. The van der Waals surface area contributed by atoms with Crippen LogP contribution in [0.2, 0.25) is 0 Å². The molecule has 2 aliphatic carbocycles. The Kier molecular flexibility index (Phi) is 9.14. The third kappa shape index (κ3) is 4.23. The van der Waals surface area contributed by atoms with Gasteiger partial charge in [-0.1, -0.05) is 52.7 Å². The van der Waals surface area contributed by atoms with Gasteiger partial charge in [-0.3, -0.25) is 0 Å². The van der Waals surface area contributed by atoms with Crippen molar-refractivity contribution in [2.45, 2.75) is 79.6 Å². The zero-order valence-corrected chi connectivity index (χ0v) is 14.1. The van der Waals surface area contributed by atoms with Gasteiger partial charge < -0.3 is 0 Å². The molecular formula is C19H36. The zero-order chi connectivity index (χ0) is 14.9. The first-order valence-corrected chi connectivity index (χ1v) is 8.37. The van der Waals surface area contributed by atoms with Gasteiger partial charge in [-0.05, 0) is 55.8 Å². The average molecular weight is 264 g/mol. The highest BCUT2D eigenvalue weighted by atomic mass is 14.5. The summed E-state index contributed by atoms with van der Waals surface area (Å²) < 4.78 is 0. The van der Waals surface area contributed by atoms with Crippen molar-refractivity contribution in [1.29, 1.82) is 0 Å². The van der Waals surface area contributed by atoms with Crippen molar-refractivity contribution >= 4 is 0 Å². The number of unbranched alkanes of at least 4 members (excludes halogenated alkanes) is 1. The predicted octanol–water partition coefficient (Wildman–Crippen LogP) is 6.78. The Morgan fingerprint density at radius 2 is 1.89 bits per heavy atom. The summed E-state index contributed by atoms with van der Waals surface area (Å²) in [5.74, 6) is 1.89. The van der Waals surface area contributed by atoms with Gasteiger partial charge in [-0.15, -0.1) is 13.2 Å². The number of rotatable bonds is 2. The highest BCUT2D eigenvalue weighted by molar-refractivity contribution is 5.17. The van der Waals surface area contributed by atoms with E-state index in [1.165, 1.54) is 44.9 Å². The fourth-order valence-corrected chi connectivity index (χ4v) is 3.87. The summed E-state index contributed by atoms with van der Waals surface area (Å²) in [5, 5.41) is 0.